The summed E-state index contributed by atoms with van der Waals surface area (Å²) < 4.78 is 5.70. The molecule has 1 aliphatic rings. The summed E-state index contributed by atoms with van der Waals surface area (Å²) in [5, 5.41) is 10.2. The van der Waals surface area contributed by atoms with Crippen LogP contribution in [0.4, 0.5) is 0 Å². The van der Waals surface area contributed by atoms with Crippen LogP contribution >= 0.6 is 0 Å². The van der Waals surface area contributed by atoms with Gasteiger partial charge in [-0.25, -0.2) is 0 Å². The Kier molecular flexibility index (Phi) is 5.41. The molecule has 1 aromatic carbocycles. The monoisotopic (exact) mass is 262 g/mol. The first-order valence-electron chi connectivity index (χ1n) is 7.56. The van der Waals surface area contributed by atoms with Crippen LogP contribution in [0.25, 0.3) is 0 Å². The normalized spacial score (nSPS) is 21.6. The SMILES string of the molecule is CC(C)c1ccc(C(O)CCC2CCCCO2)cc1. The fraction of sp³-hybridized carbons (Fsp3) is 0.647. The smallest absolute Gasteiger partial charge is 0.0791 e. The quantitative estimate of drug-likeness (QED) is 0.862. The van der Waals surface area contributed by atoms with E-state index in [9.17, 15) is 5.11 Å². The molecule has 2 rings (SSSR count). The highest BCUT2D eigenvalue weighted by Crippen LogP contribution is 2.25. The van der Waals surface area contributed by atoms with Gasteiger partial charge in [-0.05, 0) is 49.1 Å². The van der Waals surface area contributed by atoms with Gasteiger partial charge >= 0.3 is 0 Å². The lowest BCUT2D eigenvalue weighted by molar-refractivity contribution is 0.00213. The van der Waals surface area contributed by atoms with Crippen molar-refractivity contribution < 1.29 is 9.84 Å². The number of aliphatic hydroxyl groups is 1. The van der Waals surface area contributed by atoms with Crippen LogP contribution in [-0.2, 0) is 4.74 Å². The lowest BCUT2D eigenvalue weighted by Gasteiger charge is -2.23. The highest BCUT2D eigenvalue weighted by Gasteiger charge is 2.16. The van der Waals surface area contributed by atoms with Crippen LogP contribution in [0, 0.1) is 0 Å². The Morgan fingerprint density at radius 2 is 1.84 bits per heavy atom. The summed E-state index contributed by atoms with van der Waals surface area (Å²) >= 11 is 0. The molecule has 0 amide bonds. The molecule has 106 valence electrons. The molecule has 0 aliphatic carbocycles. The van der Waals surface area contributed by atoms with E-state index in [1.165, 1.54) is 18.4 Å². The molecule has 1 saturated heterocycles. The van der Waals surface area contributed by atoms with E-state index in [0.717, 1.165) is 31.4 Å². The number of hydrogen-bond donors (Lipinski definition) is 1. The standard InChI is InChI=1S/C17H26O2/c1-13(2)14-6-8-15(9-7-14)17(18)11-10-16-5-3-4-12-19-16/h6-9,13,16-18H,3-5,10-12H2,1-2H3. The largest absolute Gasteiger partial charge is 0.388 e. The minimum atomic E-state index is -0.355. The van der Waals surface area contributed by atoms with Crippen molar-refractivity contribution >= 4 is 0 Å². The first kappa shape index (κ1) is 14.5. The minimum Gasteiger partial charge on any atom is -0.388 e. The molecule has 2 unspecified atom stereocenters. The summed E-state index contributed by atoms with van der Waals surface area (Å²) in [5.74, 6) is 0.543. The van der Waals surface area contributed by atoms with Gasteiger partial charge in [-0.3, -0.25) is 0 Å². The molecule has 1 aliphatic heterocycles. The zero-order valence-corrected chi connectivity index (χ0v) is 12.1. The van der Waals surface area contributed by atoms with Crippen molar-refractivity contribution in [2.75, 3.05) is 6.61 Å². The second-order valence-corrected chi connectivity index (χ2v) is 5.90. The summed E-state index contributed by atoms with van der Waals surface area (Å²) in [6.45, 7) is 5.27. The van der Waals surface area contributed by atoms with Crippen molar-refractivity contribution in [1.82, 2.24) is 0 Å². The van der Waals surface area contributed by atoms with E-state index in [1.807, 2.05) is 0 Å². The summed E-state index contributed by atoms with van der Waals surface area (Å²) in [7, 11) is 0. The molecule has 1 N–H and O–H groups in total. The Bertz CT molecular complexity index is 363. The Morgan fingerprint density at radius 3 is 2.42 bits per heavy atom. The third-order valence-corrected chi connectivity index (χ3v) is 4.02. The fourth-order valence-corrected chi connectivity index (χ4v) is 2.65. The number of hydrogen-bond acceptors (Lipinski definition) is 2. The molecule has 0 aromatic heterocycles. The average Bonchev–Trinajstić information content (AvgIpc) is 2.46. The van der Waals surface area contributed by atoms with Gasteiger partial charge in [-0.15, -0.1) is 0 Å². The lowest BCUT2D eigenvalue weighted by Crippen LogP contribution is -2.19. The summed E-state index contributed by atoms with van der Waals surface area (Å²) in [6.07, 6.45) is 5.38. The van der Waals surface area contributed by atoms with Gasteiger partial charge in [0.1, 0.15) is 0 Å². The topological polar surface area (TPSA) is 29.5 Å². The average molecular weight is 262 g/mol. The first-order chi connectivity index (χ1) is 9.16. The maximum atomic E-state index is 10.2. The van der Waals surface area contributed by atoms with Crippen molar-refractivity contribution in [2.45, 2.75) is 64.1 Å². The number of rotatable bonds is 5. The number of aliphatic hydroxyl groups excluding tert-OH is 1. The molecule has 1 fully saturated rings. The summed E-state index contributed by atoms with van der Waals surface area (Å²) in [6, 6.07) is 8.37. The van der Waals surface area contributed by atoms with E-state index < -0.39 is 0 Å². The molecule has 1 heterocycles. The van der Waals surface area contributed by atoms with Crippen molar-refractivity contribution in [3.63, 3.8) is 0 Å². The van der Waals surface area contributed by atoms with Gasteiger partial charge in [0.2, 0.25) is 0 Å². The van der Waals surface area contributed by atoms with Gasteiger partial charge in [0.15, 0.2) is 0 Å². The van der Waals surface area contributed by atoms with E-state index in [-0.39, 0.29) is 6.10 Å². The van der Waals surface area contributed by atoms with E-state index in [4.69, 9.17) is 4.74 Å². The van der Waals surface area contributed by atoms with E-state index in [2.05, 4.69) is 38.1 Å². The molecule has 0 radical (unpaired) electrons. The molecule has 1 aromatic rings. The third kappa shape index (κ3) is 4.32. The van der Waals surface area contributed by atoms with Crippen LogP contribution in [0.1, 0.15) is 69.1 Å². The molecule has 0 spiro atoms. The molecule has 0 bridgehead atoms. The van der Waals surface area contributed by atoms with Gasteiger partial charge in [0.25, 0.3) is 0 Å². The molecule has 2 atom stereocenters. The summed E-state index contributed by atoms with van der Waals surface area (Å²) in [5.41, 5.74) is 2.35. The van der Waals surface area contributed by atoms with Crippen LogP contribution in [0.2, 0.25) is 0 Å². The maximum Gasteiger partial charge on any atom is 0.0791 e. The summed E-state index contributed by atoms with van der Waals surface area (Å²) in [4.78, 5) is 0. The van der Waals surface area contributed by atoms with Crippen molar-refractivity contribution in [3.05, 3.63) is 35.4 Å². The van der Waals surface area contributed by atoms with Crippen LogP contribution in [-0.4, -0.2) is 17.8 Å². The second kappa shape index (κ2) is 7.06. The Balaban J connectivity index is 1.83. The van der Waals surface area contributed by atoms with Crippen molar-refractivity contribution in [2.24, 2.45) is 0 Å². The van der Waals surface area contributed by atoms with Crippen LogP contribution in [0.3, 0.4) is 0 Å². The fourth-order valence-electron chi connectivity index (χ4n) is 2.65. The minimum absolute atomic E-state index is 0.355. The van der Waals surface area contributed by atoms with Gasteiger partial charge in [0, 0.05) is 6.61 Å². The Morgan fingerprint density at radius 1 is 1.16 bits per heavy atom. The second-order valence-electron chi connectivity index (χ2n) is 5.90. The maximum absolute atomic E-state index is 10.2. The first-order valence-corrected chi connectivity index (χ1v) is 7.56. The molecule has 0 saturated carbocycles. The lowest BCUT2D eigenvalue weighted by atomic mass is 9.96. The van der Waals surface area contributed by atoms with Gasteiger partial charge in [-0.1, -0.05) is 38.1 Å². The predicted octanol–water partition coefficient (Wildman–Crippen LogP) is 4.19. The van der Waals surface area contributed by atoms with E-state index in [1.54, 1.807) is 0 Å². The zero-order chi connectivity index (χ0) is 13.7. The number of ether oxygens (including phenoxy) is 1. The Labute approximate surface area is 116 Å². The molecule has 2 nitrogen and oxygen atoms in total. The van der Waals surface area contributed by atoms with Crippen molar-refractivity contribution in [1.29, 1.82) is 0 Å². The third-order valence-electron chi connectivity index (χ3n) is 4.02. The van der Waals surface area contributed by atoms with E-state index >= 15 is 0 Å². The molecule has 19 heavy (non-hydrogen) atoms. The van der Waals surface area contributed by atoms with E-state index in [0.29, 0.717) is 12.0 Å². The van der Waals surface area contributed by atoms with Crippen molar-refractivity contribution in [3.8, 4) is 0 Å². The predicted molar refractivity (Wildman–Crippen MR) is 78.3 cm³/mol. The van der Waals surface area contributed by atoms with Gasteiger partial charge in [0.05, 0.1) is 12.2 Å². The molecular weight excluding hydrogens is 236 g/mol. The zero-order valence-electron chi connectivity index (χ0n) is 12.1. The highest BCUT2D eigenvalue weighted by molar-refractivity contribution is 5.26. The molecule has 2 heteroatoms. The van der Waals surface area contributed by atoms with Gasteiger partial charge in [-0.2, -0.15) is 0 Å². The Hall–Kier alpha value is -0.860. The van der Waals surface area contributed by atoms with Crippen LogP contribution in [0.5, 0.6) is 0 Å². The molecular formula is C17H26O2. The highest BCUT2D eigenvalue weighted by atomic mass is 16.5. The van der Waals surface area contributed by atoms with Crippen LogP contribution in [0.15, 0.2) is 24.3 Å². The van der Waals surface area contributed by atoms with Crippen LogP contribution < -0.4 is 0 Å². The van der Waals surface area contributed by atoms with Gasteiger partial charge < -0.3 is 9.84 Å². The number of benzene rings is 1.